The molecular weight excluding hydrogens is 1400 g/mol. The van der Waals surface area contributed by atoms with E-state index in [0.717, 1.165) is 118 Å². The summed E-state index contributed by atoms with van der Waals surface area (Å²) in [5, 5.41) is 23.3. The second-order valence-electron chi connectivity index (χ2n) is 36.4. The number of hydrogen-bond donors (Lipinski definition) is 4. The maximum absolute atomic E-state index is 13.7. The summed E-state index contributed by atoms with van der Waals surface area (Å²) < 4.78 is 42.2. The topological polar surface area (TPSA) is 238 Å². The lowest BCUT2D eigenvalue weighted by atomic mass is 9.52. The van der Waals surface area contributed by atoms with Crippen molar-refractivity contribution in [2.24, 2.45) is 81.8 Å². The van der Waals surface area contributed by atoms with Crippen molar-refractivity contribution in [2.45, 2.75) is 258 Å². The Morgan fingerprint density at radius 2 is 0.883 bits per heavy atom. The van der Waals surface area contributed by atoms with Gasteiger partial charge in [0.05, 0.1) is 41.6 Å². The highest BCUT2D eigenvalue weighted by Crippen LogP contribution is 2.68. The highest BCUT2D eigenvalue weighted by Gasteiger charge is 2.64. The number of hydrogen-bond acceptors (Lipinski definition) is 14. The summed E-state index contributed by atoms with van der Waals surface area (Å²) in [6.07, 6.45) is 20.1. The number of likely N-dealkylation sites (tertiary alicyclic amines) is 2. The molecule has 19 nitrogen and oxygen atoms in total. The van der Waals surface area contributed by atoms with Crippen molar-refractivity contribution in [3.8, 4) is 0 Å². The van der Waals surface area contributed by atoms with E-state index < -0.39 is 30.7 Å². The molecule has 4 aromatic rings. The fourth-order valence-electron chi connectivity index (χ4n) is 24.2. The summed E-state index contributed by atoms with van der Waals surface area (Å²) in [6, 6.07) is 38.7. The first-order valence-electron chi connectivity index (χ1n) is 42.1. The Balaban J connectivity index is 0.000000160. The maximum atomic E-state index is 13.7. The summed E-state index contributed by atoms with van der Waals surface area (Å²) in [5.74, 6) is 5.14. The molecule has 22 atom stereocenters. The van der Waals surface area contributed by atoms with Crippen LogP contribution in [0.2, 0.25) is 0 Å². The van der Waals surface area contributed by atoms with Crippen molar-refractivity contribution in [1.82, 2.24) is 20.4 Å². The number of piperidine rings is 2. The first kappa shape index (κ1) is 79.9. The predicted octanol–water partition coefficient (Wildman–Crippen LogP) is 17.5. The molecular formula is C92H122N4O15. The zero-order valence-corrected chi connectivity index (χ0v) is 66.8. The summed E-state index contributed by atoms with van der Waals surface area (Å²) in [5.41, 5.74) is 10.5. The van der Waals surface area contributed by atoms with E-state index in [1.165, 1.54) is 56.9 Å². The minimum Gasteiger partial charge on any atom is -0.480 e. The van der Waals surface area contributed by atoms with E-state index >= 15 is 0 Å². The Morgan fingerprint density at radius 1 is 0.486 bits per heavy atom. The molecule has 4 aliphatic heterocycles. The van der Waals surface area contributed by atoms with Gasteiger partial charge in [-0.15, -0.1) is 0 Å². The molecule has 0 radical (unpaired) electrons. The van der Waals surface area contributed by atoms with Gasteiger partial charge in [-0.1, -0.05) is 185 Å². The summed E-state index contributed by atoms with van der Waals surface area (Å²) in [6.45, 7) is 20.8. The molecule has 0 bridgehead atoms. The van der Waals surface area contributed by atoms with Gasteiger partial charge in [-0.05, 0) is 235 Å². The number of nitrogens with one attached hydrogen (secondary N) is 2. The number of amides is 4. The van der Waals surface area contributed by atoms with Gasteiger partial charge in [0.2, 0.25) is 0 Å². The number of aliphatic carboxylic acids is 1. The molecule has 111 heavy (non-hydrogen) atoms. The number of nitrogens with zero attached hydrogens (tertiary/aromatic N) is 2. The van der Waals surface area contributed by atoms with Crippen LogP contribution < -0.4 is 10.6 Å². The Labute approximate surface area is 657 Å². The minimum atomic E-state index is -1.10. The molecule has 4 aromatic carbocycles. The molecule has 4 saturated heterocycles. The van der Waals surface area contributed by atoms with E-state index in [2.05, 4.69) is 66.0 Å². The number of carbonyl (C=O) groups is 6. The van der Waals surface area contributed by atoms with E-state index in [1.807, 2.05) is 131 Å². The van der Waals surface area contributed by atoms with Gasteiger partial charge in [0.1, 0.15) is 45.6 Å². The van der Waals surface area contributed by atoms with Crippen LogP contribution in [0.1, 0.15) is 206 Å². The van der Waals surface area contributed by atoms with Crippen LogP contribution in [0.15, 0.2) is 144 Å². The summed E-state index contributed by atoms with van der Waals surface area (Å²) in [7, 11) is 0. The summed E-state index contributed by atoms with van der Waals surface area (Å²) >= 11 is 0. The lowest BCUT2D eigenvalue weighted by Gasteiger charge is -2.54. The molecule has 0 aromatic heterocycles. The van der Waals surface area contributed by atoms with Crippen LogP contribution in [-0.2, 0) is 69.2 Å². The van der Waals surface area contributed by atoms with Crippen LogP contribution in [0.4, 0.5) is 19.2 Å². The number of ether oxygens (including phenoxy) is 7. The first-order chi connectivity index (χ1) is 53.4. The van der Waals surface area contributed by atoms with E-state index in [0.29, 0.717) is 65.9 Å². The smallest absolute Gasteiger partial charge is 0.410 e. The fraction of sp³-hybridized carbons (Fsp3) is 0.630. The van der Waals surface area contributed by atoms with Gasteiger partial charge < -0.3 is 63.8 Å². The molecule has 10 fully saturated rings. The van der Waals surface area contributed by atoms with Crippen molar-refractivity contribution in [1.29, 1.82) is 0 Å². The van der Waals surface area contributed by atoms with Crippen molar-refractivity contribution >= 4 is 36.3 Å². The number of rotatable bonds is 13. The third-order valence-corrected chi connectivity index (χ3v) is 29.8. The molecule has 4 amide bonds. The van der Waals surface area contributed by atoms with Gasteiger partial charge in [0, 0.05) is 24.9 Å². The van der Waals surface area contributed by atoms with Gasteiger partial charge in [-0.2, -0.15) is 0 Å². The molecule has 8 aliphatic carbocycles. The number of carbonyl (C=O) groups excluding carboxylic acids is 5. The molecule has 0 unspecified atom stereocenters. The molecule has 19 heteroatoms. The quantitative estimate of drug-likeness (QED) is 0.0553. The van der Waals surface area contributed by atoms with Crippen molar-refractivity contribution < 1.29 is 72.1 Å². The Morgan fingerprint density at radius 3 is 1.31 bits per heavy atom. The van der Waals surface area contributed by atoms with Crippen molar-refractivity contribution in [3.63, 3.8) is 0 Å². The van der Waals surface area contributed by atoms with Gasteiger partial charge in [0.25, 0.3) is 0 Å². The Kier molecular flexibility index (Phi) is 24.6. The second-order valence-corrected chi connectivity index (χ2v) is 36.4. The average molecular weight is 1520 g/mol. The number of aliphatic hydroxyl groups is 1. The average Bonchev–Trinajstić information content (AvgIpc) is 1.58. The molecule has 4 heterocycles. The van der Waals surface area contributed by atoms with Crippen molar-refractivity contribution in [2.75, 3.05) is 26.2 Å². The standard InChI is InChI=1S/C46H60N2O7.C36H51NO4.C10H11NO4/c1-29-21-40-42(48(26-29)44(51)53-28-33-13-9-6-10-14-33)31(3)46(55-40)20-18-36-37-16-15-34-22-35(17-19-45(34,4)39(37)23-38(36)30(2)24-46)54-41(49)25-47-43(50)52-27-32-11-7-5-8-12-32;1-22-16-32-33(37(20-22)34(39)40-21-25-8-6-5-7-9-25)24(3)36(41-32)15-13-28-29-11-10-26-17-27(38)12-14-35(26,4)31(29)18-30(28)23(2)19-36;12-9(13)6-11-10(14)15-7-8-4-2-1-3-5-8/h5-14,29,31,34-37,39-40,42H,15-28H2,1-4H3,(H,47,50);5-9,22,24,26-29,31-33,38H,10-21H2,1-4H3;1-5H,6-7H2,(H,11,14)(H,12,13)/t29-,31+,34+,35+,36-,37-,39-,40+,42-,45-,46-;22-,24+,26+,27+,28-,29-,31-,32+,33-,35-,36-;/m00./s1. The van der Waals surface area contributed by atoms with Crippen LogP contribution in [0, 0.1) is 81.8 Å². The highest BCUT2D eigenvalue weighted by atomic mass is 16.6. The van der Waals surface area contributed by atoms with Crippen LogP contribution in [0.5, 0.6) is 0 Å². The van der Waals surface area contributed by atoms with E-state index in [9.17, 15) is 33.9 Å². The molecule has 12 aliphatic rings. The molecule has 16 rings (SSSR count). The van der Waals surface area contributed by atoms with E-state index in [1.54, 1.807) is 16.7 Å². The Hall–Kier alpha value is -7.74. The zero-order chi connectivity index (χ0) is 77.9. The zero-order valence-electron chi connectivity index (χ0n) is 66.8. The normalized spacial score (nSPS) is 36.2. The van der Waals surface area contributed by atoms with E-state index in [4.69, 9.17) is 38.3 Å². The van der Waals surface area contributed by atoms with Crippen LogP contribution in [-0.4, -0.2) is 130 Å². The van der Waals surface area contributed by atoms with Gasteiger partial charge >= 0.3 is 36.3 Å². The Bertz CT molecular complexity index is 3990. The van der Waals surface area contributed by atoms with Gasteiger partial charge in [-0.25, -0.2) is 19.2 Å². The maximum Gasteiger partial charge on any atom is 0.410 e. The number of benzene rings is 4. The summed E-state index contributed by atoms with van der Waals surface area (Å²) in [4.78, 5) is 77.2. The molecule has 600 valence electrons. The van der Waals surface area contributed by atoms with Gasteiger partial charge in [0.15, 0.2) is 0 Å². The number of carboxylic acids is 1. The SMILES string of the molecule is CC1=C2C[C@H]3[C@@H](CC[C@@H]4C[C@H](O)CC[C@@]43C)[C@@H]2CC[C@@]2(C1)O[C@@H]1C[C@H](C)CN(C(=O)OCc3ccccc3)[C@H]1[C@H]2C.CC1=C2C[C@H]3[C@@H](CC[C@@H]4C[C@H](OC(=O)CNC(=O)OCc5ccccc5)CC[C@@]43C)[C@@H]2CC[C@@]2(C1)O[C@@H]1C[C@H](C)CN(C(=O)OCc3ccccc3)[C@H]1[C@H]2C.O=C(O)CNC(=O)OCc1ccccc1. The molecule has 4 N–H and O–H groups in total. The monoisotopic (exact) mass is 1520 g/mol. The number of aliphatic hydroxyl groups excluding tert-OH is 1. The van der Waals surface area contributed by atoms with Crippen LogP contribution >= 0.6 is 0 Å². The third-order valence-electron chi connectivity index (χ3n) is 29.8. The number of carboxylic acid groups (broad SMARTS) is 1. The van der Waals surface area contributed by atoms with Crippen LogP contribution in [0.25, 0.3) is 0 Å². The number of esters is 1. The van der Waals surface area contributed by atoms with Crippen LogP contribution in [0.3, 0.4) is 0 Å². The largest absolute Gasteiger partial charge is 0.480 e. The number of alkyl carbamates (subject to hydrolysis) is 2. The highest BCUT2D eigenvalue weighted by molar-refractivity contribution is 5.78. The fourth-order valence-corrected chi connectivity index (χ4v) is 24.2. The van der Waals surface area contributed by atoms with E-state index in [-0.39, 0.29) is 104 Å². The first-order valence-corrected chi connectivity index (χ1v) is 42.1. The predicted molar refractivity (Wildman–Crippen MR) is 421 cm³/mol. The minimum absolute atomic E-state index is 0.0332. The number of fused-ring (bicyclic) bond motifs is 12. The van der Waals surface area contributed by atoms with Crippen molar-refractivity contribution in [3.05, 3.63) is 166 Å². The molecule has 6 saturated carbocycles. The lowest BCUT2D eigenvalue weighted by Crippen LogP contribution is -2.54. The van der Waals surface area contributed by atoms with Gasteiger partial charge in [-0.3, -0.25) is 9.59 Å². The second kappa shape index (κ2) is 34.1. The third kappa shape index (κ3) is 17.2. The lowest BCUT2D eigenvalue weighted by molar-refractivity contribution is -0.155. The number of allylic oxidation sites excluding steroid dienone is 2. The molecule has 2 spiro atoms.